The fourth-order valence-electron chi connectivity index (χ4n) is 2.45. The molecule has 110 valence electrons. The number of rotatable bonds is 3. The van der Waals surface area contributed by atoms with Crippen LogP contribution in [0, 0.1) is 0 Å². The first kappa shape index (κ1) is 14.9. The lowest BCUT2D eigenvalue weighted by Gasteiger charge is -2.19. The molecule has 0 spiro atoms. The highest BCUT2D eigenvalue weighted by molar-refractivity contribution is 7.16. The smallest absolute Gasteiger partial charge is 0.229 e. The molecular formula is C15H14Cl2N2OS. The Bertz CT molecular complexity index is 684. The third-order valence-corrected chi connectivity index (χ3v) is 4.97. The lowest BCUT2D eigenvalue weighted by atomic mass is 10.0. The molecule has 21 heavy (non-hydrogen) atoms. The highest BCUT2D eigenvalue weighted by Crippen LogP contribution is 2.28. The molecule has 0 atom stereocenters. The minimum absolute atomic E-state index is 0.0618. The number of halogens is 2. The number of nitrogens with one attached hydrogen (secondary N) is 2. The van der Waals surface area contributed by atoms with Crippen LogP contribution in [0.4, 0.5) is 5.69 Å². The van der Waals surface area contributed by atoms with E-state index in [0.29, 0.717) is 10.8 Å². The Labute approximate surface area is 137 Å². The Morgan fingerprint density at radius 2 is 2.19 bits per heavy atom. The SMILES string of the molecule is O=C(Cc1ccc(Cl)s1)Nc1cc(Cl)c2c(c1)CNCC2. The Kier molecular flexibility index (Phi) is 4.50. The van der Waals surface area contributed by atoms with Crippen LogP contribution in [-0.2, 0) is 24.2 Å². The molecule has 1 aromatic carbocycles. The molecule has 0 fully saturated rings. The topological polar surface area (TPSA) is 41.1 Å². The van der Waals surface area contributed by atoms with Gasteiger partial charge in [0, 0.05) is 22.1 Å². The Morgan fingerprint density at radius 1 is 1.33 bits per heavy atom. The number of amides is 1. The number of carbonyl (C=O) groups is 1. The summed E-state index contributed by atoms with van der Waals surface area (Å²) in [6, 6.07) is 7.49. The summed E-state index contributed by atoms with van der Waals surface area (Å²) in [5.74, 6) is -0.0618. The molecule has 1 aliphatic rings. The van der Waals surface area contributed by atoms with Crippen molar-refractivity contribution in [3.63, 3.8) is 0 Å². The minimum atomic E-state index is -0.0618. The van der Waals surface area contributed by atoms with Crippen LogP contribution in [-0.4, -0.2) is 12.5 Å². The van der Waals surface area contributed by atoms with Gasteiger partial charge < -0.3 is 10.6 Å². The normalized spacial score (nSPS) is 13.8. The van der Waals surface area contributed by atoms with E-state index in [2.05, 4.69) is 10.6 Å². The van der Waals surface area contributed by atoms with Crippen molar-refractivity contribution in [1.29, 1.82) is 0 Å². The van der Waals surface area contributed by atoms with Crippen LogP contribution in [0.2, 0.25) is 9.36 Å². The summed E-state index contributed by atoms with van der Waals surface area (Å²) in [4.78, 5) is 13.0. The largest absolute Gasteiger partial charge is 0.326 e. The Hall–Kier alpha value is -1.07. The van der Waals surface area contributed by atoms with Gasteiger partial charge in [-0.15, -0.1) is 11.3 Å². The van der Waals surface area contributed by atoms with E-state index in [1.54, 1.807) is 6.07 Å². The zero-order chi connectivity index (χ0) is 14.8. The molecule has 0 radical (unpaired) electrons. The van der Waals surface area contributed by atoms with Gasteiger partial charge in [-0.1, -0.05) is 23.2 Å². The first-order chi connectivity index (χ1) is 10.1. The lowest BCUT2D eigenvalue weighted by molar-refractivity contribution is -0.115. The molecule has 0 saturated heterocycles. The molecular weight excluding hydrogens is 327 g/mol. The van der Waals surface area contributed by atoms with Crippen molar-refractivity contribution in [3.8, 4) is 0 Å². The van der Waals surface area contributed by atoms with Crippen molar-refractivity contribution in [1.82, 2.24) is 5.32 Å². The lowest BCUT2D eigenvalue weighted by Crippen LogP contribution is -2.24. The molecule has 1 aromatic heterocycles. The highest BCUT2D eigenvalue weighted by Gasteiger charge is 2.14. The number of anilines is 1. The molecule has 2 N–H and O–H groups in total. The average Bonchev–Trinajstić information content (AvgIpc) is 2.84. The van der Waals surface area contributed by atoms with Crippen LogP contribution in [0.15, 0.2) is 24.3 Å². The van der Waals surface area contributed by atoms with Gasteiger partial charge in [0.1, 0.15) is 0 Å². The third-order valence-electron chi connectivity index (χ3n) is 3.40. The summed E-state index contributed by atoms with van der Waals surface area (Å²) in [6.07, 6.45) is 1.25. The van der Waals surface area contributed by atoms with Gasteiger partial charge in [0.25, 0.3) is 0 Å². The summed E-state index contributed by atoms with van der Waals surface area (Å²) in [6.45, 7) is 1.73. The number of hydrogen-bond acceptors (Lipinski definition) is 3. The summed E-state index contributed by atoms with van der Waals surface area (Å²) in [5, 5.41) is 6.94. The van der Waals surface area contributed by atoms with Gasteiger partial charge in [-0.3, -0.25) is 4.79 Å². The standard InChI is InChI=1S/C15H14Cl2N2OS/c16-13-6-10(5-9-8-18-4-3-12(9)13)19-15(20)7-11-1-2-14(17)21-11/h1-2,5-6,18H,3-4,7-8H2,(H,19,20). The maximum absolute atomic E-state index is 12.1. The van der Waals surface area contributed by atoms with Crippen molar-refractivity contribution in [2.75, 3.05) is 11.9 Å². The van der Waals surface area contributed by atoms with Gasteiger partial charge in [-0.25, -0.2) is 0 Å². The van der Waals surface area contributed by atoms with Crippen LogP contribution in [0.1, 0.15) is 16.0 Å². The second kappa shape index (κ2) is 6.36. The maximum atomic E-state index is 12.1. The van der Waals surface area contributed by atoms with Crippen molar-refractivity contribution >= 4 is 46.1 Å². The highest BCUT2D eigenvalue weighted by atomic mass is 35.5. The molecule has 2 heterocycles. The third kappa shape index (κ3) is 3.58. The first-order valence-corrected chi connectivity index (χ1v) is 8.25. The zero-order valence-electron chi connectivity index (χ0n) is 11.2. The number of fused-ring (bicyclic) bond motifs is 1. The van der Waals surface area contributed by atoms with E-state index in [-0.39, 0.29) is 5.91 Å². The number of carbonyl (C=O) groups excluding carboxylic acids is 1. The second-order valence-corrected chi connectivity index (χ2v) is 7.16. The summed E-state index contributed by atoms with van der Waals surface area (Å²) in [5.41, 5.74) is 3.08. The van der Waals surface area contributed by atoms with Crippen LogP contribution >= 0.6 is 34.5 Å². The van der Waals surface area contributed by atoms with Crippen molar-refractivity contribution in [2.45, 2.75) is 19.4 Å². The molecule has 0 unspecified atom stereocenters. The number of thiophene rings is 1. The van der Waals surface area contributed by atoms with Crippen molar-refractivity contribution in [2.24, 2.45) is 0 Å². The van der Waals surface area contributed by atoms with E-state index >= 15 is 0 Å². The van der Waals surface area contributed by atoms with Gasteiger partial charge in [-0.2, -0.15) is 0 Å². The van der Waals surface area contributed by atoms with Crippen LogP contribution < -0.4 is 10.6 Å². The second-order valence-electron chi connectivity index (χ2n) is 4.95. The first-order valence-electron chi connectivity index (χ1n) is 6.68. The van der Waals surface area contributed by atoms with Crippen LogP contribution in [0.3, 0.4) is 0 Å². The van der Waals surface area contributed by atoms with E-state index in [4.69, 9.17) is 23.2 Å². The Morgan fingerprint density at radius 3 is 2.95 bits per heavy atom. The van der Waals surface area contributed by atoms with Gasteiger partial charge in [0.05, 0.1) is 10.8 Å². The molecule has 0 bridgehead atoms. The fourth-order valence-corrected chi connectivity index (χ4v) is 3.87. The fraction of sp³-hybridized carbons (Fsp3) is 0.267. The van der Waals surface area contributed by atoms with E-state index in [9.17, 15) is 4.79 Å². The molecule has 3 nitrogen and oxygen atoms in total. The van der Waals surface area contributed by atoms with Gasteiger partial charge in [-0.05, 0) is 48.4 Å². The van der Waals surface area contributed by atoms with E-state index in [0.717, 1.165) is 40.7 Å². The van der Waals surface area contributed by atoms with Gasteiger partial charge >= 0.3 is 0 Å². The summed E-state index contributed by atoms with van der Waals surface area (Å²) >= 11 is 13.6. The molecule has 6 heteroatoms. The van der Waals surface area contributed by atoms with E-state index in [1.165, 1.54) is 16.9 Å². The van der Waals surface area contributed by atoms with Gasteiger partial charge in [0.2, 0.25) is 5.91 Å². The molecule has 0 aliphatic carbocycles. The van der Waals surface area contributed by atoms with Crippen LogP contribution in [0.25, 0.3) is 0 Å². The predicted octanol–water partition coefficient (Wildman–Crippen LogP) is 3.88. The minimum Gasteiger partial charge on any atom is -0.326 e. The van der Waals surface area contributed by atoms with E-state index < -0.39 is 0 Å². The molecule has 1 aliphatic heterocycles. The molecule has 1 amide bonds. The molecule has 0 saturated carbocycles. The van der Waals surface area contributed by atoms with Crippen LogP contribution in [0.5, 0.6) is 0 Å². The summed E-state index contributed by atoms with van der Waals surface area (Å²) < 4.78 is 0.695. The number of benzene rings is 1. The average molecular weight is 341 g/mol. The zero-order valence-corrected chi connectivity index (χ0v) is 13.5. The molecule has 2 aromatic rings. The monoisotopic (exact) mass is 340 g/mol. The summed E-state index contributed by atoms with van der Waals surface area (Å²) in [7, 11) is 0. The van der Waals surface area contributed by atoms with Crippen molar-refractivity contribution in [3.05, 3.63) is 49.6 Å². The predicted molar refractivity (Wildman–Crippen MR) is 88.5 cm³/mol. The molecule has 3 rings (SSSR count). The Balaban J connectivity index is 1.72. The maximum Gasteiger partial charge on any atom is 0.229 e. The number of hydrogen-bond donors (Lipinski definition) is 2. The van der Waals surface area contributed by atoms with Crippen molar-refractivity contribution < 1.29 is 4.79 Å². The van der Waals surface area contributed by atoms with E-state index in [1.807, 2.05) is 18.2 Å². The quantitative estimate of drug-likeness (QED) is 0.890. The van der Waals surface area contributed by atoms with Gasteiger partial charge in [0.15, 0.2) is 0 Å².